The van der Waals surface area contributed by atoms with Crippen LogP contribution in [0.25, 0.3) is 6.08 Å². The zero-order valence-corrected chi connectivity index (χ0v) is 15.8. The lowest BCUT2D eigenvalue weighted by Gasteiger charge is -2.22. The van der Waals surface area contributed by atoms with Crippen LogP contribution in [0.5, 0.6) is 11.5 Å². The fraction of sp³-hybridized carbons (Fsp3) is 0.333. The molecule has 1 amide bonds. The second-order valence-corrected chi connectivity index (χ2v) is 6.57. The van der Waals surface area contributed by atoms with Crippen LogP contribution in [-0.2, 0) is 4.79 Å². The van der Waals surface area contributed by atoms with Gasteiger partial charge in [-0.1, -0.05) is 18.7 Å². The minimum Gasteiger partial charge on any atom is -0.493 e. The van der Waals surface area contributed by atoms with Gasteiger partial charge in [-0.05, 0) is 56.8 Å². The van der Waals surface area contributed by atoms with Crippen molar-refractivity contribution in [3.05, 3.63) is 42.5 Å². The van der Waals surface area contributed by atoms with Crippen molar-refractivity contribution in [1.29, 1.82) is 0 Å². The molecule has 6 nitrogen and oxygen atoms in total. The maximum Gasteiger partial charge on any atom is 0.262 e. The molecule has 0 aliphatic carbocycles. The van der Waals surface area contributed by atoms with Gasteiger partial charge in [0.1, 0.15) is 6.61 Å². The molecule has 0 aliphatic heterocycles. The first kappa shape index (κ1) is 20.5. The van der Waals surface area contributed by atoms with Gasteiger partial charge in [0.05, 0.1) is 7.11 Å². The second kappa shape index (κ2) is 9.68. The van der Waals surface area contributed by atoms with E-state index in [9.17, 15) is 4.79 Å². The molecule has 7 heteroatoms. The minimum absolute atomic E-state index is 0.184. The summed E-state index contributed by atoms with van der Waals surface area (Å²) >= 11 is 5.08. The van der Waals surface area contributed by atoms with Gasteiger partial charge in [-0.2, -0.15) is 0 Å². The molecular formula is C18H25N3O3S. The Morgan fingerprint density at radius 1 is 1.28 bits per heavy atom. The molecule has 1 aromatic carbocycles. The normalized spacial score (nSPS) is 10.9. The molecule has 0 saturated carbocycles. The first-order valence-corrected chi connectivity index (χ1v) is 8.14. The van der Waals surface area contributed by atoms with Crippen molar-refractivity contribution in [3.63, 3.8) is 0 Å². The Morgan fingerprint density at radius 3 is 2.60 bits per heavy atom. The number of hydrogen-bond donors (Lipinski definition) is 3. The monoisotopic (exact) mass is 363 g/mol. The number of carbonyl (C=O) groups excluding carboxylic acids is 1. The van der Waals surface area contributed by atoms with E-state index in [2.05, 4.69) is 22.7 Å². The van der Waals surface area contributed by atoms with E-state index >= 15 is 0 Å². The molecule has 25 heavy (non-hydrogen) atoms. The number of carbonyl (C=O) groups is 1. The summed E-state index contributed by atoms with van der Waals surface area (Å²) in [5.74, 6) is 0.867. The number of rotatable bonds is 6. The average Bonchev–Trinajstić information content (AvgIpc) is 2.55. The summed E-state index contributed by atoms with van der Waals surface area (Å²) in [6, 6.07) is 5.38. The van der Waals surface area contributed by atoms with Gasteiger partial charge in [0.25, 0.3) is 5.91 Å². The number of amides is 1. The molecule has 0 bridgehead atoms. The summed E-state index contributed by atoms with van der Waals surface area (Å²) in [6.45, 7) is 9.91. The zero-order valence-electron chi connectivity index (χ0n) is 15.0. The SMILES string of the molecule is C=CCOc1ccc(/C=C/C(=O)NNC(=S)NC(C)(C)C)cc1OC. The average molecular weight is 363 g/mol. The zero-order chi connectivity index (χ0) is 18.9. The number of ether oxygens (including phenoxy) is 2. The molecule has 0 fully saturated rings. The lowest BCUT2D eigenvalue weighted by molar-refractivity contribution is -0.117. The van der Waals surface area contributed by atoms with Crippen molar-refractivity contribution in [1.82, 2.24) is 16.2 Å². The Hall–Kier alpha value is -2.54. The lowest BCUT2D eigenvalue weighted by Crippen LogP contribution is -2.51. The molecule has 0 aliphatic rings. The molecule has 0 heterocycles. The largest absolute Gasteiger partial charge is 0.493 e. The van der Waals surface area contributed by atoms with E-state index in [0.717, 1.165) is 5.56 Å². The molecule has 0 spiro atoms. The third-order valence-corrected chi connectivity index (χ3v) is 2.96. The minimum atomic E-state index is -0.330. The summed E-state index contributed by atoms with van der Waals surface area (Å²) in [5.41, 5.74) is 5.76. The van der Waals surface area contributed by atoms with Crippen molar-refractivity contribution < 1.29 is 14.3 Å². The van der Waals surface area contributed by atoms with Crippen LogP contribution in [0.2, 0.25) is 0 Å². The van der Waals surface area contributed by atoms with Crippen molar-refractivity contribution in [2.45, 2.75) is 26.3 Å². The van der Waals surface area contributed by atoms with Gasteiger partial charge in [-0.25, -0.2) is 0 Å². The van der Waals surface area contributed by atoms with Crippen LogP contribution in [0.3, 0.4) is 0 Å². The van der Waals surface area contributed by atoms with Crippen LogP contribution in [0.15, 0.2) is 36.9 Å². The Kier molecular flexibility index (Phi) is 7.94. The van der Waals surface area contributed by atoms with E-state index in [0.29, 0.717) is 23.2 Å². The quantitative estimate of drug-likeness (QED) is 0.312. The van der Waals surface area contributed by atoms with E-state index in [4.69, 9.17) is 21.7 Å². The van der Waals surface area contributed by atoms with Gasteiger partial charge >= 0.3 is 0 Å². The van der Waals surface area contributed by atoms with Crippen LogP contribution < -0.4 is 25.6 Å². The fourth-order valence-electron chi connectivity index (χ4n) is 1.76. The Labute approximate surface area is 154 Å². The number of hydrazine groups is 1. The van der Waals surface area contributed by atoms with E-state index in [1.807, 2.05) is 26.8 Å². The van der Waals surface area contributed by atoms with Crippen molar-refractivity contribution in [3.8, 4) is 11.5 Å². The molecule has 136 valence electrons. The van der Waals surface area contributed by atoms with Gasteiger partial charge in [0.2, 0.25) is 0 Å². The smallest absolute Gasteiger partial charge is 0.262 e. The Morgan fingerprint density at radius 2 is 2.00 bits per heavy atom. The van der Waals surface area contributed by atoms with Crippen LogP contribution in [0, 0.1) is 0 Å². The molecule has 0 aromatic heterocycles. The summed E-state index contributed by atoms with van der Waals surface area (Å²) < 4.78 is 10.8. The number of hydrogen-bond acceptors (Lipinski definition) is 4. The summed E-state index contributed by atoms with van der Waals surface area (Å²) in [7, 11) is 1.56. The predicted molar refractivity (Wildman–Crippen MR) is 104 cm³/mol. The highest BCUT2D eigenvalue weighted by molar-refractivity contribution is 7.80. The topological polar surface area (TPSA) is 71.6 Å². The predicted octanol–water partition coefficient (Wildman–Crippen LogP) is 2.57. The van der Waals surface area contributed by atoms with Crippen LogP contribution in [0.1, 0.15) is 26.3 Å². The Balaban J connectivity index is 2.61. The van der Waals surface area contributed by atoms with Gasteiger partial charge in [-0.15, -0.1) is 0 Å². The van der Waals surface area contributed by atoms with Crippen LogP contribution >= 0.6 is 12.2 Å². The summed E-state index contributed by atoms with van der Waals surface area (Å²) in [4.78, 5) is 11.8. The molecule has 0 unspecified atom stereocenters. The van der Waals surface area contributed by atoms with Crippen molar-refractivity contribution >= 4 is 29.3 Å². The number of nitrogens with one attached hydrogen (secondary N) is 3. The highest BCUT2D eigenvalue weighted by Crippen LogP contribution is 2.28. The fourth-order valence-corrected chi connectivity index (χ4v) is 2.12. The highest BCUT2D eigenvalue weighted by atomic mass is 32.1. The molecular weight excluding hydrogens is 338 g/mol. The third-order valence-electron chi connectivity index (χ3n) is 2.76. The number of thiocarbonyl (C=S) groups is 1. The summed E-state index contributed by atoms with van der Waals surface area (Å²) in [5, 5.41) is 3.38. The molecule has 0 radical (unpaired) electrons. The van der Waals surface area contributed by atoms with E-state index in [-0.39, 0.29) is 11.4 Å². The highest BCUT2D eigenvalue weighted by Gasteiger charge is 2.10. The van der Waals surface area contributed by atoms with Gasteiger partial charge in [-0.3, -0.25) is 15.6 Å². The van der Waals surface area contributed by atoms with Crippen molar-refractivity contribution in [2.75, 3.05) is 13.7 Å². The maximum atomic E-state index is 11.8. The van der Waals surface area contributed by atoms with Gasteiger partial charge < -0.3 is 14.8 Å². The van der Waals surface area contributed by atoms with E-state index in [1.165, 1.54) is 6.08 Å². The van der Waals surface area contributed by atoms with Crippen LogP contribution in [-0.4, -0.2) is 30.3 Å². The third kappa shape index (κ3) is 8.21. The molecule has 1 rings (SSSR count). The molecule has 3 N–H and O–H groups in total. The van der Waals surface area contributed by atoms with Gasteiger partial charge in [0.15, 0.2) is 16.6 Å². The first-order valence-electron chi connectivity index (χ1n) is 7.73. The second-order valence-electron chi connectivity index (χ2n) is 6.16. The van der Waals surface area contributed by atoms with E-state index < -0.39 is 0 Å². The maximum absolute atomic E-state index is 11.8. The Bertz CT molecular complexity index is 651. The molecule has 0 atom stereocenters. The van der Waals surface area contributed by atoms with E-state index in [1.54, 1.807) is 31.4 Å². The van der Waals surface area contributed by atoms with Crippen molar-refractivity contribution in [2.24, 2.45) is 0 Å². The van der Waals surface area contributed by atoms with Gasteiger partial charge in [0, 0.05) is 11.6 Å². The lowest BCUT2D eigenvalue weighted by atomic mass is 10.1. The first-order chi connectivity index (χ1) is 11.7. The molecule has 1 aromatic rings. The van der Waals surface area contributed by atoms with Crippen LogP contribution in [0.4, 0.5) is 0 Å². The number of benzene rings is 1. The molecule has 0 saturated heterocycles. The summed E-state index contributed by atoms with van der Waals surface area (Å²) in [6.07, 6.45) is 4.71. The number of methoxy groups -OCH3 is 1. The standard InChI is InChI=1S/C18H25N3O3S/c1-6-11-24-14-9-7-13(12-15(14)23-5)8-10-16(22)20-21-17(25)19-18(2,3)4/h6-10,12H,1,11H2,2-5H3,(H,20,22)(H2,19,21,25)/b10-8+.